The van der Waals surface area contributed by atoms with E-state index >= 15 is 0 Å². The van der Waals surface area contributed by atoms with E-state index in [1.165, 1.54) is 4.90 Å². The van der Waals surface area contributed by atoms with Gasteiger partial charge in [-0.25, -0.2) is 17.9 Å². The number of benzene rings is 1. The zero-order valence-electron chi connectivity index (χ0n) is 15.7. The first-order chi connectivity index (χ1) is 13.2. The molecule has 152 valence electrons. The quantitative estimate of drug-likeness (QED) is 0.702. The number of carbonyl (C=O) groups excluding carboxylic acids is 3. The average Bonchev–Trinajstić information content (AvgIpc) is 2.94. The largest absolute Gasteiger partial charge is 0.323 e. The summed E-state index contributed by atoms with van der Waals surface area (Å²) in [5.41, 5.74) is 1.39. The van der Waals surface area contributed by atoms with Crippen molar-refractivity contribution < 1.29 is 22.8 Å². The van der Waals surface area contributed by atoms with Crippen LogP contribution in [0.3, 0.4) is 0 Å². The van der Waals surface area contributed by atoms with Crippen molar-refractivity contribution in [3.8, 4) is 0 Å². The monoisotopic (exact) mass is 408 g/mol. The highest BCUT2D eigenvalue weighted by Gasteiger charge is 2.29. The van der Waals surface area contributed by atoms with Crippen molar-refractivity contribution in [2.45, 2.75) is 38.3 Å². The van der Waals surface area contributed by atoms with Gasteiger partial charge in [-0.15, -0.1) is 0 Å². The standard InChI is InChI=1S/C18H24N4O5S/c1-28(26,27)20-15-3-2-10-21(12-15)18(25)19-14-6-4-13(5-7-14)11-22-16(23)8-9-17(22)24/h4-7,15,20H,2-3,8-12H2,1H3,(H,19,25)/t15-/m0/s1. The topological polar surface area (TPSA) is 116 Å². The molecule has 0 radical (unpaired) electrons. The molecule has 1 aromatic carbocycles. The number of amides is 4. The van der Waals surface area contributed by atoms with Crippen molar-refractivity contribution in [2.75, 3.05) is 24.7 Å². The molecular weight excluding hydrogens is 384 g/mol. The Morgan fingerprint density at radius 3 is 2.39 bits per heavy atom. The van der Waals surface area contributed by atoms with E-state index in [2.05, 4.69) is 10.0 Å². The molecule has 0 saturated carbocycles. The molecule has 0 bridgehead atoms. The number of hydrogen-bond donors (Lipinski definition) is 2. The van der Waals surface area contributed by atoms with E-state index in [1.54, 1.807) is 29.2 Å². The molecule has 0 aromatic heterocycles. The predicted octanol–water partition coefficient (Wildman–Crippen LogP) is 0.881. The number of anilines is 1. The van der Waals surface area contributed by atoms with Gasteiger partial charge in [-0.3, -0.25) is 14.5 Å². The number of piperidine rings is 1. The summed E-state index contributed by atoms with van der Waals surface area (Å²) in [6.45, 7) is 1.11. The van der Waals surface area contributed by atoms with Crippen LogP contribution in [-0.2, 0) is 26.2 Å². The number of likely N-dealkylation sites (tertiary alicyclic amines) is 2. The predicted molar refractivity (Wildman–Crippen MR) is 103 cm³/mol. The van der Waals surface area contributed by atoms with Gasteiger partial charge < -0.3 is 10.2 Å². The highest BCUT2D eigenvalue weighted by molar-refractivity contribution is 7.88. The van der Waals surface area contributed by atoms with Gasteiger partial charge in [0.1, 0.15) is 0 Å². The average molecular weight is 408 g/mol. The Hall–Kier alpha value is -2.46. The molecule has 0 aliphatic carbocycles. The van der Waals surface area contributed by atoms with Crippen molar-refractivity contribution in [1.29, 1.82) is 0 Å². The van der Waals surface area contributed by atoms with E-state index in [0.717, 1.165) is 18.2 Å². The van der Waals surface area contributed by atoms with Gasteiger partial charge in [-0.05, 0) is 30.5 Å². The van der Waals surface area contributed by atoms with Gasteiger partial charge in [-0.1, -0.05) is 12.1 Å². The normalized spacial score (nSPS) is 20.5. The molecule has 1 atom stereocenters. The molecule has 2 heterocycles. The number of nitrogens with zero attached hydrogens (tertiary/aromatic N) is 2. The Morgan fingerprint density at radius 1 is 1.14 bits per heavy atom. The minimum atomic E-state index is -3.31. The van der Waals surface area contributed by atoms with Crippen LogP contribution >= 0.6 is 0 Å². The molecule has 2 aliphatic rings. The fourth-order valence-electron chi connectivity index (χ4n) is 3.44. The molecule has 10 heteroatoms. The maximum atomic E-state index is 12.5. The van der Waals surface area contributed by atoms with Crippen molar-refractivity contribution in [3.05, 3.63) is 29.8 Å². The van der Waals surface area contributed by atoms with Gasteiger partial charge in [0.15, 0.2) is 0 Å². The number of carbonyl (C=O) groups is 3. The molecule has 0 spiro atoms. The number of rotatable bonds is 5. The third kappa shape index (κ3) is 5.29. The molecule has 2 saturated heterocycles. The van der Waals surface area contributed by atoms with Gasteiger partial charge in [0.05, 0.1) is 12.8 Å². The molecule has 4 amide bonds. The Kier molecular flexibility index (Phi) is 5.99. The van der Waals surface area contributed by atoms with Gasteiger partial charge in [0.25, 0.3) is 0 Å². The Balaban J connectivity index is 1.55. The second-order valence-corrected chi connectivity index (χ2v) is 8.96. The molecule has 1 aromatic rings. The lowest BCUT2D eigenvalue weighted by atomic mass is 10.1. The molecule has 2 fully saturated rings. The number of urea groups is 1. The number of nitrogens with one attached hydrogen (secondary N) is 2. The molecule has 0 unspecified atom stereocenters. The van der Waals surface area contributed by atoms with Crippen LogP contribution in [0.15, 0.2) is 24.3 Å². The molecule has 2 N–H and O–H groups in total. The number of sulfonamides is 1. The lowest BCUT2D eigenvalue weighted by Crippen LogP contribution is -2.50. The molecule has 28 heavy (non-hydrogen) atoms. The molecule has 9 nitrogen and oxygen atoms in total. The van der Waals surface area contributed by atoms with Crippen LogP contribution in [-0.4, -0.2) is 61.5 Å². The van der Waals surface area contributed by atoms with Crippen LogP contribution in [0.5, 0.6) is 0 Å². The van der Waals surface area contributed by atoms with E-state index in [0.29, 0.717) is 25.2 Å². The van der Waals surface area contributed by atoms with Gasteiger partial charge >= 0.3 is 6.03 Å². The van der Waals surface area contributed by atoms with E-state index < -0.39 is 10.0 Å². The minimum Gasteiger partial charge on any atom is -0.323 e. The van der Waals surface area contributed by atoms with E-state index in [1.807, 2.05) is 0 Å². The van der Waals surface area contributed by atoms with Crippen molar-refractivity contribution in [2.24, 2.45) is 0 Å². The van der Waals surface area contributed by atoms with Crippen LogP contribution < -0.4 is 10.0 Å². The van der Waals surface area contributed by atoms with Crippen LogP contribution in [0.4, 0.5) is 10.5 Å². The first-order valence-corrected chi connectivity index (χ1v) is 11.1. The van der Waals surface area contributed by atoms with Crippen LogP contribution in [0.1, 0.15) is 31.2 Å². The third-order valence-electron chi connectivity index (χ3n) is 4.79. The fraction of sp³-hybridized carbons (Fsp3) is 0.500. The molecule has 2 aliphatic heterocycles. The minimum absolute atomic E-state index is 0.162. The highest BCUT2D eigenvalue weighted by atomic mass is 32.2. The Morgan fingerprint density at radius 2 is 1.79 bits per heavy atom. The van der Waals surface area contributed by atoms with Gasteiger partial charge in [-0.2, -0.15) is 0 Å². The van der Waals surface area contributed by atoms with Crippen molar-refractivity contribution in [3.63, 3.8) is 0 Å². The highest BCUT2D eigenvalue weighted by Crippen LogP contribution is 2.18. The van der Waals surface area contributed by atoms with Gasteiger partial charge in [0, 0.05) is 37.7 Å². The van der Waals surface area contributed by atoms with Crippen LogP contribution in [0.2, 0.25) is 0 Å². The summed E-state index contributed by atoms with van der Waals surface area (Å²) in [5, 5.41) is 2.80. The summed E-state index contributed by atoms with van der Waals surface area (Å²) in [5.74, 6) is -0.325. The fourth-order valence-corrected chi connectivity index (χ4v) is 4.24. The summed E-state index contributed by atoms with van der Waals surface area (Å²) in [4.78, 5) is 38.7. The molecule has 3 rings (SSSR count). The van der Waals surface area contributed by atoms with Gasteiger partial charge in [0.2, 0.25) is 21.8 Å². The van der Waals surface area contributed by atoms with Crippen LogP contribution in [0, 0.1) is 0 Å². The van der Waals surface area contributed by atoms with E-state index in [-0.39, 0.29) is 43.3 Å². The smallest absolute Gasteiger partial charge is 0.321 e. The van der Waals surface area contributed by atoms with E-state index in [9.17, 15) is 22.8 Å². The summed E-state index contributed by atoms with van der Waals surface area (Å²) < 4.78 is 25.3. The maximum Gasteiger partial charge on any atom is 0.321 e. The second-order valence-electron chi connectivity index (χ2n) is 7.18. The summed E-state index contributed by atoms with van der Waals surface area (Å²) in [6, 6.07) is 6.38. The molecular formula is C18H24N4O5S. The lowest BCUT2D eigenvalue weighted by molar-refractivity contribution is -0.139. The Bertz CT molecular complexity index is 852. The first-order valence-electron chi connectivity index (χ1n) is 9.16. The summed E-state index contributed by atoms with van der Waals surface area (Å²) >= 11 is 0. The number of imide groups is 1. The number of hydrogen-bond acceptors (Lipinski definition) is 5. The zero-order valence-corrected chi connectivity index (χ0v) is 16.5. The lowest BCUT2D eigenvalue weighted by Gasteiger charge is -2.32. The third-order valence-corrected chi connectivity index (χ3v) is 5.55. The van der Waals surface area contributed by atoms with E-state index in [4.69, 9.17) is 0 Å². The van der Waals surface area contributed by atoms with Crippen molar-refractivity contribution >= 4 is 33.6 Å². The summed E-state index contributed by atoms with van der Waals surface area (Å²) in [7, 11) is -3.31. The SMILES string of the molecule is CS(=O)(=O)N[C@H]1CCCN(C(=O)Nc2ccc(CN3C(=O)CCC3=O)cc2)C1. The Labute approximate surface area is 164 Å². The summed E-state index contributed by atoms with van der Waals surface area (Å²) in [6.07, 6.45) is 3.05. The second kappa shape index (κ2) is 8.27. The zero-order chi connectivity index (χ0) is 20.3. The van der Waals surface area contributed by atoms with Crippen LogP contribution in [0.25, 0.3) is 0 Å². The maximum absolute atomic E-state index is 12.5. The first kappa shape index (κ1) is 20.3. The van der Waals surface area contributed by atoms with Crippen molar-refractivity contribution in [1.82, 2.24) is 14.5 Å².